The smallest absolute Gasteiger partial charge is 0.264 e. The number of rotatable bonds is 13. The molecule has 0 aliphatic rings. The SMILES string of the molecule is CC[C@@H](C)NC(=O)[C@@H](CC)N(Cc1ccc(C)cc1)C(=O)CN(c1cccc(OC)c1)S(=O)(=O)c1ccc(C)cc1. The predicted molar refractivity (Wildman–Crippen MR) is 162 cm³/mol. The maximum absolute atomic E-state index is 14.2. The molecule has 0 saturated heterocycles. The lowest BCUT2D eigenvalue weighted by Gasteiger charge is -2.33. The van der Waals surface area contributed by atoms with E-state index < -0.39 is 28.5 Å². The van der Waals surface area contributed by atoms with Gasteiger partial charge in [0, 0.05) is 18.7 Å². The number of methoxy groups -OCH3 is 1. The molecule has 1 N–H and O–H groups in total. The van der Waals surface area contributed by atoms with Crippen LogP contribution < -0.4 is 14.4 Å². The molecule has 2 amide bonds. The average Bonchev–Trinajstić information content (AvgIpc) is 2.96. The van der Waals surface area contributed by atoms with E-state index in [4.69, 9.17) is 4.74 Å². The molecule has 41 heavy (non-hydrogen) atoms. The van der Waals surface area contributed by atoms with Crippen molar-refractivity contribution < 1.29 is 22.7 Å². The summed E-state index contributed by atoms with van der Waals surface area (Å²) >= 11 is 0. The van der Waals surface area contributed by atoms with Gasteiger partial charge in [0.1, 0.15) is 18.3 Å². The molecule has 0 fully saturated rings. The summed E-state index contributed by atoms with van der Waals surface area (Å²) in [6.45, 7) is 9.24. The highest BCUT2D eigenvalue weighted by Crippen LogP contribution is 2.28. The second kappa shape index (κ2) is 14.2. The zero-order valence-electron chi connectivity index (χ0n) is 24.8. The third kappa shape index (κ3) is 8.10. The summed E-state index contributed by atoms with van der Waals surface area (Å²) in [4.78, 5) is 29.1. The van der Waals surface area contributed by atoms with Crippen LogP contribution >= 0.6 is 0 Å². The lowest BCUT2D eigenvalue weighted by molar-refractivity contribution is -0.140. The van der Waals surface area contributed by atoms with Crippen molar-refractivity contribution in [2.24, 2.45) is 0 Å². The van der Waals surface area contributed by atoms with Gasteiger partial charge in [-0.3, -0.25) is 13.9 Å². The minimum Gasteiger partial charge on any atom is -0.497 e. The second-order valence-corrected chi connectivity index (χ2v) is 12.1. The minimum absolute atomic E-state index is 0.0605. The summed E-state index contributed by atoms with van der Waals surface area (Å²) in [5, 5.41) is 2.99. The molecule has 0 aliphatic heterocycles. The average molecular weight is 580 g/mol. The van der Waals surface area contributed by atoms with Gasteiger partial charge in [0.25, 0.3) is 10.0 Å². The highest BCUT2D eigenvalue weighted by atomic mass is 32.2. The summed E-state index contributed by atoms with van der Waals surface area (Å²) in [6.07, 6.45) is 1.11. The Kier molecular flexibility index (Phi) is 10.9. The third-order valence-corrected chi connectivity index (χ3v) is 8.88. The number of amides is 2. The number of carbonyl (C=O) groups excluding carboxylic acids is 2. The molecule has 3 aromatic rings. The Morgan fingerprint density at radius 3 is 2.07 bits per heavy atom. The van der Waals surface area contributed by atoms with Crippen molar-refractivity contribution in [2.75, 3.05) is 18.0 Å². The molecule has 9 heteroatoms. The van der Waals surface area contributed by atoms with Crippen molar-refractivity contribution in [2.45, 2.75) is 71.0 Å². The normalized spacial score (nSPS) is 12.7. The van der Waals surface area contributed by atoms with E-state index in [9.17, 15) is 18.0 Å². The summed E-state index contributed by atoms with van der Waals surface area (Å²) < 4.78 is 34.4. The Morgan fingerprint density at radius 2 is 1.51 bits per heavy atom. The minimum atomic E-state index is -4.15. The van der Waals surface area contributed by atoms with Crippen LogP contribution in [0.2, 0.25) is 0 Å². The molecular formula is C32H41N3O5S. The van der Waals surface area contributed by atoms with Crippen molar-refractivity contribution in [1.29, 1.82) is 0 Å². The first kappa shape index (κ1) is 31.7. The van der Waals surface area contributed by atoms with E-state index >= 15 is 0 Å². The van der Waals surface area contributed by atoms with Crippen molar-refractivity contribution >= 4 is 27.5 Å². The number of sulfonamides is 1. The molecule has 0 radical (unpaired) electrons. The number of hydrogen-bond donors (Lipinski definition) is 1. The van der Waals surface area contributed by atoms with Gasteiger partial charge < -0.3 is 15.0 Å². The van der Waals surface area contributed by atoms with E-state index in [2.05, 4.69) is 5.32 Å². The van der Waals surface area contributed by atoms with Gasteiger partial charge in [-0.1, -0.05) is 67.4 Å². The van der Waals surface area contributed by atoms with Crippen LogP contribution in [0.1, 0.15) is 50.3 Å². The maximum Gasteiger partial charge on any atom is 0.264 e. The monoisotopic (exact) mass is 579 g/mol. The van der Waals surface area contributed by atoms with E-state index in [0.717, 1.165) is 27.4 Å². The fourth-order valence-corrected chi connectivity index (χ4v) is 5.79. The summed E-state index contributed by atoms with van der Waals surface area (Å²) in [6, 6.07) is 19.9. The third-order valence-electron chi connectivity index (χ3n) is 7.09. The molecule has 3 rings (SSSR count). The number of benzene rings is 3. The number of ether oxygens (including phenoxy) is 1. The summed E-state index contributed by atoms with van der Waals surface area (Å²) in [5.41, 5.74) is 3.11. The molecule has 0 aromatic heterocycles. The van der Waals surface area contributed by atoms with Crippen molar-refractivity contribution in [1.82, 2.24) is 10.2 Å². The molecule has 0 saturated carbocycles. The van der Waals surface area contributed by atoms with Crippen LogP contribution in [0.4, 0.5) is 5.69 Å². The highest BCUT2D eigenvalue weighted by molar-refractivity contribution is 7.92. The number of nitrogens with zero attached hydrogens (tertiary/aromatic N) is 2. The fourth-order valence-electron chi connectivity index (χ4n) is 4.38. The summed E-state index contributed by atoms with van der Waals surface area (Å²) in [5.74, 6) is -0.304. The topological polar surface area (TPSA) is 96.0 Å². The van der Waals surface area contributed by atoms with Crippen LogP contribution in [0.5, 0.6) is 5.75 Å². The number of hydrogen-bond acceptors (Lipinski definition) is 5. The molecular weight excluding hydrogens is 538 g/mol. The van der Waals surface area contributed by atoms with Gasteiger partial charge in [-0.05, 0) is 63.4 Å². The first-order valence-corrected chi connectivity index (χ1v) is 15.3. The highest BCUT2D eigenvalue weighted by Gasteiger charge is 2.34. The Bertz CT molecular complexity index is 1420. The lowest BCUT2D eigenvalue weighted by Crippen LogP contribution is -2.53. The van der Waals surface area contributed by atoms with E-state index in [-0.39, 0.29) is 29.1 Å². The van der Waals surface area contributed by atoms with Gasteiger partial charge in [0.15, 0.2) is 0 Å². The molecule has 0 unspecified atom stereocenters. The van der Waals surface area contributed by atoms with Crippen LogP contribution in [-0.2, 0) is 26.2 Å². The molecule has 0 bridgehead atoms. The first-order chi connectivity index (χ1) is 19.5. The van der Waals surface area contributed by atoms with Crippen molar-refractivity contribution in [3.05, 3.63) is 89.5 Å². The van der Waals surface area contributed by atoms with Gasteiger partial charge in [-0.2, -0.15) is 0 Å². The van der Waals surface area contributed by atoms with Crippen LogP contribution in [-0.4, -0.2) is 50.9 Å². The molecule has 0 spiro atoms. The van der Waals surface area contributed by atoms with Gasteiger partial charge in [0.2, 0.25) is 11.8 Å². The van der Waals surface area contributed by atoms with Crippen LogP contribution in [0.3, 0.4) is 0 Å². The quantitative estimate of drug-likeness (QED) is 0.299. The van der Waals surface area contributed by atoms with Crippen molar-refractivity contribution in [3.8, 4) is 5.75 Å². The van der Waals surface area contributed by atoms with Crippen LogP contribution in [0, 0.1) is 13.8 Å². The fraction of sp³-hybridized carbons (Fsp3) is 0.375. The number of carbonyl (C=O) groups is 2. The largest absolute Gasteiger partial charge is 0.497 e. The zero-order chi connectivity index (χ0) is 30.2. The predicted octanol–water partition coefficient (Wildman–Crippen LogP) is 5.23. The number of aryl methyl sites for hydroxylation is 2. The van der Waals surface area contributed by atoms with Crippen LogP contribution in [0.25, 0.3) is 0 Å². The Labute approximate surface area is 244 Å². The van der Waals surface area contributed by atoms with E-state index in [1.807, 2.05) is 58.9 Å². The van der Waals surface area contributed by atoms with Gasteiger partial charge in [-0.15, -0.1) is 0 Å². The molecule has 220 valence electrons. The van der Waals surface area contributed by atoms with Gasteiger partial charge in [-0.25, -0.2) is 8.42 Å². The molecule has 3 aromatic carbocycles. The Morgan fingerprint density at radius 1 is 0.902 bits per heavy atom. The Hall–Kier alpha value is -3.85. The molecule has 8 nitrogen and oxygen atoms in total. The molecule has 2 atom stereocenters. The van der Waals surface area contributed by atoms with E-state index in [1.54, 1.807) is 36.4 Å². The second-order valence-electron chi connectivity index (χ2n) is 10.3. The van der Waals surface area contributed by atoms with Gasteiger partial charge in [0.05, 0.1) is 17.7 Å². The zero-order valence-corrected chi connectivity index (χ0v) is 25.6. The van der Waals surface area contributed by atoms with Gasteiger partial charge >= 0.3 is 0 Å². The standard InChI is InChI=1S/C32H41N3O5S/c1-7-25(5)33-32(37)30(8-2)34(21-26-16-12-23(3)13-17-26)31(36)22-35(27-10-9-11-28(20-27)40-6)41(38,39)29-18-14-24(4)15-19-29/h9-20,25,30H,7-8,21-22H2,1-6H3,(H,33,37)/t25-,30-/m1/s1. The van der Waals surface area contributed by atoms with Crippen LogP contribution in [0.15, 0.2) is 77.7 Å². The number of nitrogens with one attached hydrogen (secondary N) is 1. The van der Waals surface area contributed by atoms with E-state index in [0.29, 0.717) is 12.2 Å². The van der Waals surface area contributed by atoms with Crippen molar-refractivity contribution in [3.63, 3.8) is 0 Å². The molecule has 0 aliphatic carbocycles. The first-order valence-electron chi connectivity index (χ1n) is 13.9. The summed E-state index contributed by atoms with van der Waals surface area (Å²) in [7, 11) is -2.65. The Balaban J connectivity index is 2.07. The maximum atomic E-state index is 14.2. The van der Waals surface area contributed by atoms with E-state index in [1.165, 1.54) is 24.1 Å². The number of anilines is 1. The molecule has 0 heterocycles. The lowest BCUT2D eigenvalue weighted by atomic mass is 10.1.